The Kier molecular flexibility index (Phi) is 7.50. The summed E-state index contributed by atoms with van der Waals surface area (Å²) in [4.78, 5) is 20.4. The van der Waals surface area contributed by atoms with Crippen molar-refractivity contribution in [3.05, 3.63) is 91.9 Å². The van der Waals surface area contributed by atoms with Crippen LogP contribution in [0.3, 0.4) is 0 Å². The molecule has 0 N–H and O–H groups in total. The van der Waals surface area contributed by atoms with Crippen LogP contribution in [0.4, 0.5) is 5.00 Å². The van der Waals surface area contributed by atoms with Gasteiger partial charge in [0.05, 0.1) is 24.4 Å². The van der Waals surface area contributed by atoms with Gasteiger partial charge in [-0.15, -0.1) is 22.7 Å². The van der Waals surface area contributed by atoms with E-state index in [4.69, 9.17) is 9.73 Å². The first-order valence-corrected chi connectivity index (χ1v) is 14.7. The normalized spacial score (nSPS) is 14.0. The number of ether oxygens (including phenoxy) is 1. The first kappa shape index (κ1) is 25.7. The van der Waals surface area contributed by atoms with Gasteiger partial charge in [-0.1, -0.05) is 75.4 Å². The zero-order chi connectivity index (χ0) is 26.0. The van der Waals surface area contributed by atoms with Crippen molar-refractivity contribution in [2.24, 2.45) is 4.99 Å². The molecule has 37 heavy (non-hydrogen) atoms. The van der Waals surface area contributed by atoms with Gasteiger partial charge in [-0.2, -0.15) is 0 Å². The minimum atomic E-state index is -0.246. The van der Waals surface area contributed by atoms with Crippen molar-refractivity contribution in [1.29, 1.82) is 0 Å². The molecular formula is C31H34N2O2S2. The standard InChI is InChI=1S/C31H34N2O2S2/c1-5-35-29(34)27-24-13-9-10-14-26(24)37-28(27)32-30-33(19-21-11-7-6-8-12-21)25(20-36-30)22-15-17-23(18-16-22)31(2,3)4/h6-8,11-12,15-18,20H,5,9-10,13-14,19H2,1-4H3/b32-30-. The average Bonchev–Trinajstić information content (AvgIpc) is 3.45. The van der Waals surface area contributed by atoms with Crippen LogP contribution in [0.15, 0.2) is 65.0 Å². The van der Waals surface area contributed by atoms with Crippen molar-refractivity contribution >= 4 is 33.6 Å². The first-order chi connectivity index (χ1) is 17.8. The Morgan fingerprint density at radius 3 is 2.46 bits per heavy atom. The van der Waals surface area contributed by atoms with Gasteiger partial charge in [0.25, 0.3) is 0 Å². The van der Waals surface area contributed by atoms with Crippen molar-refractivity contribution < 1.29 is 9.53 Å². The first-order valence-electron chi connectivity index (χ1n) is 13.0. The second kappa shape index (κ2) is 10.8. The lowest BCUT2D eigenvalue weighted by molar-refractivity contribution is 0.0526. The lowest BCUT2D eigenvalue weighted by atomic mass is 9.86. The average molecular weight is 531 g/mol. The third-order valence-electron chi connectivity index (χ3n) is 6.86. The SMILES string of the molecule is CCOC(=O)c1c(/N=c2\scc(-c3ccc(C(C)(C)C)cc3)n2Cc2ccccc2)sc2c1CCCC2. The maximum atomic E-state index is 13.0. The fraction of sp³-hybridized carbons (Fsp3) is 0.355. The van der Waals surface area contributed by atoms with E-state index in [1.807, 2.05) is 13.0 Å². The highest BCUT2D eigenvalue weighted by molar-refractivity contribution is 7.16. The highest BCUT2D eigenvalue weighted by Crippen LogP contribution is 2.40. The lowest BCUT2D eigenvalue weighted by Gasteiger charge is -2.19. The molecule has 1 aliphatic carbocycles. The van der Waals surface area contributed by atoms with Crippen LogP contribution in [0.2, 0.25) is 0 Å². The number of carbonyl (C=O) groups excluding carboxylic acids is 1. The van der Waals surface area contributed by atoms with Gasteiger partial charge in [0, 0.05) is 10.3 Å². The molecule has 6 heteroatoms. The third kappa shape index (κ3) is 5.51. The van der Waals surface area contributed by atoms with E-state index in [2.05, 4.69) is 79.2 Å². The van der Waals surface area contributed by atoms with Gasteiger partial charge < -0.3 is 9.30 Å². The topological polar surface area (TPSA) is 43.6 Å². The van der Waals surface area contributed by atoms with E-state index in [0.717, 1.165) is 52.3 Å². The molecule has 0 saturated heterocycles. The lowest BCUT2D eigenvalue weighted by Crippen LogP contribution is -2.17. The quantitative estimate of drug-likeness (QED) is 0.238. The molecule has 0 aliphatic heterocycles. The number of hydrogen-bond acceptors (Lipinski definition) is 5. The second-order valence-electron chi connectivity index (χ2n) is 10.5. The Morgan fingerprint density at radius 1 is 1.03 bits per heavy atom. The molecule has 4 aromatic rings. The van der Waals surface area contributed by atoms with Gasteiger partial charge in [-0.3, -0.25) is 0 Å². The number of fused-ring (bicyclic) bond motifs is 1. The van der Waals surface area contributed by atoms with Crippen molar-refractivity contribution in [2.75, 3.05) is 6.61 Å². The van der Waals surface area contributed by atoms with Gasteiger partial charge in [0.1, 0.15) is 5.00 Å². The van der Waals surface area contributed by atoms with Crippen LogP contribution in [0.25, 0.3) is 11.3 Å². The number of thiophene rings is 1. The van der Waals surface area contributed by atoms with E-state index in [0.29, 0.717) is 18.7 Å². The highest BCUT2D eigenvalue weighted by Gasteiger charge is 2.26. The fourth-order valence-corrected chi connectivity index (χ4v) is 7.06. The van der Waals surface area contributed by atoms with Crippen LogP contribution in [0, 0.1) is 0 Å². The van der Waals surface area contributed by atoms with Gasteiger partial charge in [-0.25, -0.2) is 9.79 Å². The second-order valence-corrected chi connectivity index (χ2v) is 12.4. The smallest absolute Gasteiger partial charge is 0.341 e. The molecule has 0 saturated carbocycles. The van der Waals surface area contributed by atoms with Crippen LogP contribution < -0.4 is 4.80 Å². The monoisotopic (exact) mass is 530 g/mol. The molecular weight excluding hydrogens is 496 g/mol. The molecule has 0 fully saturated rings. The van der Waals surface area contributed by atoms with E-state index in [9.17, 15) is 4.79 Å². The number of aromatic nitrogens is 1. The largest absolute Gasteiger partial charge is 0.462 e. The van der Waals surface area contributed by atoms with E-state index >= 15 is 0 Å². The summed E-state index contributed by atoms with van der Waals surface area (Å²) in [5, 5.41) is 2.97. The Labute approximate surface area is 227 Å². The molecule has 192 valence electrons. The summed E-state index contributed by atoms with van der Waals surface area (Å²) in [6, 6.07) is 19.4. The molecule has 4 nitrogen and oxygen atoms in total. The Morgan fingerprint density at radius 2 is 1.76 bits per heavy atom. The van der Waals surface area contributed by atoms with Crippen molar-refractivity contribution in [1.82, 2.24) is 4.57 Å². The maximum Gasteiger partial charge on any atom is 0.341 e. The maximum absolute atomic E-state index is 13.0. The third-order valence-corrected chi connectivity index (χ3v) is 8.91. The van der Waals surface area contributed by atoms with Crippen LogP contribution in [0.5, 0.6) is 0 Å². The summed E-state index contributed by atoms with van der Waals surface area (Å²) < 4.78 is 7.75. The van der Waals surface area contributed by atoms with E-state index < -0.39 is 0 Å². The van der Waals surface area contributed by atoms with Crippen molar-refractivity contribution in [3.8, 4) is 11.3 Å². The molecule has 2 aromatic heterocycles. The number of carbonyl (C=O) groups is 1. The summed E-state index contributed by atoms with van der Waals surface area (Å²) in [6.07, 6.45) is 4.21. The molecule has 5 rings (SSSR count). The van der Waals surface area contributed by atoms with Gasteiger partial charge in [0.2, 0.25) is 0 Å². The Balaban J connectivity index is 1.65. The van der Waals surface area contributed by atoms with E-state index in [1.54, 1.807) is 22.7 Å². The number of esters is 1. The predicted molar refractivity (Wildman–Crippen MR) is 154 cm³/mol. The Bertz CT molecular complexity index is 1450. The van der Waals surface area contributed by atoms with Crippen LogP contribution in [-0.2, 0) is 29.5 Å². The number of nitrogens with zero attached hydrogens (tertiary/aromatic N) is 2. The van der Waals surface area contributed by atoms with Crippen molar-refractivity contribution in [3.63, 3.8) is 0 Å². The minimum absolute atomic E-state index is 0.107. The summed E-state index contributed by atoms with van der Waals surface area (Å²) >= 11 is 3.29. The molecule has 2 aromatic carbocycles. The molecule has 0 amide bonds. The minimum Gasteiger partial charge on any atom is -0.462 e. The van der Waals surface area contributed by atoms with E-state index in [1.165, 1.54) is 16.0 Å². The molecule has 2 heterocycles. The summed E-state index contributed by atoms with van der Waals surface area (Å²) in [7, 11) is 0. The summed E-state index contributed by atoms with van der Waals surface area (Å²) in [5.41, 5.74) is 6.76. The molecule has 0 atom stereocenters. The number of benzene rings is 2. The van der Waals surface area contributed by atoms with Gasteiger partial charge in [-0.05, 0) is 60.3 Å². The molecule has 0 radical (unpaired) electrons. The van der Waals surface area contributed by atoms with Gasteiger partial charge in [0.15, 0.2) is 4.80 Å². The Hall–Kier alpha value is -2.96. The number of hydrogen-bond donors (Lipinski definition) is 0. The summed E-state index contributed by atoms with van der Waals surface area (Å²) in [5.74, 6) is -0.246. The molecule has 0 unspecified atom stereocenters. The number of thiazole rings is 1. The zero-order valence-corrected chi connectivity index (χ0v) is 23.7. The molecule has 1 aliphatic rings. The predicted octanol–water partition coefficient (Wildman–Crippen LogP) is 7.91. The van der Waals surface area contributed by atoms with E-state index in [-0.39, 0.29) is 11.4 Å². The van der Waals surface area contributed by atoms with Gasteiger partial charge >= 0.3 is 5.97 Å². The molecule has 0 bridgehead atoms. The van der Waals surface area contributed by atoms with Crippen LogP contribution >= 0.6 is 22.7 Å². The van der Waals surface area contributed by atoms with Crippen molar-refractivity contribution in [2.45, 2.75) is 65.3 Å². The fourth-order valence-electron chi connectivity index (χ4n) is 4.84. The zero-order valence-electron chi connectivity index (χ0n) is 22.0. The van der Waals surface area contributed by atoms with Crippen LogP contribution in [-0.4, -0.2) is 17.1 Å². The van der Waals surface area contributed by atoms with Crippen LogP contribution in [0.1, 0.15) is 72.5 Å². The highest BCUT2D eigenvalue weighted by atomic mass is 32.1. The number of rotatable bonds is 6. The summed E-state index contributed by atoms with van der Waals surface area (Å²) in [6.45, 7) is 9.64. The number of aryl methyl sites for hydroxylation is 1. The molecule has 0 spiro atoms.